The van der Waals surface area contributed by atoms with Crippen molar-refractivity contribution in [3.8, 4) is 30.6 Å². The number of carbonyl (C=O) groups is 1. The standard InChI is InChI=1S/C29H33F4N5O2.C24H30F4N6O3.C23H28F4N4O2.C14H22N2O2.C4H5.C3H3.C2H.CH4/c30-25-26(34-17-28(18-39)12-13-37(16-24(28)40)14-20-4-2-1-3-5-20)35-19-36-27(25)38(23-10-11-23)15-21-6-8-22(9-7-21)29(31,32)33;25-20-21(30-12-23(13-35)7-8-33(10-18(23)36)11-19(29)37)31-14-32-22(20)34(17-5-6-17)9-15-1-3-16(4-2-15)24(26,27)28;24-19-20(28-12-22(13-32)10-2-1-3-18(22)33)29-14-30-21(19)31(17-8-9-17)11-15-4-6-16(7-5-15)23(25,26)27;15-10-14(11-17)6-7-16(9-13(14)18)8-12-4-2-1-3-5-12;1-3-4-2;1-3-2;1-2;/h1-9,19,23-24,39-40H,10-18H2,(H,34,35,36);1-4,14,17-18,35-36H,5-13H2,(H2,29,37)(H,30,31,32);4-7,14,17-18,32-33H,1-3,8-13H2,(H,28,29,30);1-5,13,17-18H,6-11,15H2;1H2,2H3;1H,2H2;1H;1H4/q;;;;3*-1;. The molecule has 3 aromatic heterocycles. The largest absolute Gasteiger partial charge is 0.697 e. The number of aliphatic hydroxyl groups excluding tert-OH is 8. The monoisotopic (exact) mass is 1940 g/mol. The van der Waals surface area contributed by atoms with Crippen LogP contribution in [0.1, 0.15) is 142 Å². The number of hydrogen-bond acceptors (Lipinski definition) is 25. The third-order valence-corrected chi connectivity index (χ3v) is 25.8. The van der Waals surface area contributed by atoms with Gasteiger partial charge in [-0.25, -0.2) is 29.9 Å². The summed E-state index contributed by atoms with van der Waals surface area (Å²) in [7, 11) is 0. The highest BCUT2D eigenvalue weighted by Gasteiger charge is 2.47. The van der Waals surface area contributed by atoms with Gasteiger partial charge in [0, 0.05) is 118 Å². The lowest BCUT2D eigenvalue weighted by atomic mass is 9.72. The van der Waals surface area contributed by atoms with Gasteiger partial charge in [0.15, 0.2) is 34.9 Å². The molecule has 1 amide bonds. The van der Waals surface area contributed by atoms with Gasteiger partial charge in [-0.2, -0.15) is 66.5 Å². The van der Waals surface area contributed by atoms with Gasteiger partial charge < -0.3 is 114 Å². The van der Waals surface area contributed by atoms with Crippen LogP contribution >= 0.6 is 0 Å². The number of carbonyl (C=O) groups excluding carboxylic acids is 1. The molecule has 4 saturated carbocycles. The summed E-state index contributed by atoms with van der Waals surface area (Å²) in [6.45, 7) is 12.9. The maximum atomic E-state index is 15.7. The number of amides is 1. The van der Waals surface area contributed by atoms with Crippen molar-refractivity contribution in [2.75, 3.05) is 129 Å². The highest BCUT2D eigenvalue weighted by atomic mass is 19.4. The summed E-state index contributed by atoms with van der Waals surface area (Å²) >= 11 is 0. The lowest BCUT2D eigenvalue weighted by molar-refractivity contribution is -0.138. The summed E-state index contributed by atoms with van der Waals surface area (Å²) in [4.78, 5) is 46.9. The molecule has 3 aliphatic heterocycles. The summed E-state index contributed by atoms with van der Waals surface area (Å²) in [5.74, 6) is 4.41. The Bertz CT molecular complexity index is 5170. The molecule has 138 heavy (non-hydrogen) atoms. The lowest BCUT2D eigenvalue weighted by Gasteiger charge is -2.44. The average Bonchev–Trinajstić information content (AvgIpc) is 1.78. The molecule has 26 nitrogen and oxygen atoms in total. The first-order valence-corrected chi connectivity index (χ1v) is 45.1. The second-order valence-electron chi connectivity index (χ2n) is 35.4. The van der Waals surface area contributed by atoms with E-state index >= 15 is 13.2 Å². The van der Waals surface area contributed by atoms with Gasteiger partial charge in [0.05, 0.1) is 74.1 Å². The maximum Gasteiger partial charge on any atom is 0.416 e. The van der Waals surface area contributed by atoms with E-state index in [4.69, 9.17) is 17.9 Å². The zero-order chi connectivity index (χ0) is 99.9. The van der Waals surface area contributed by atoms with E-state index in [1.807, 2.05) is 54.5 Å². The Morgan fingerprint density at radius 1 is 0.464 bits per heavy atom. The molecule has 7 fully saturated rings. The fourth-order valence-electron chi connectivity index (χ4n) is 16.8. The summed E-state index contributed by atoms with van der Waals surface area (Å²) in [5, 5.41) is 90.9. The number of nitrogens with zero attached hydrogens (tertiary/aromatic N) is 12. The molecule has 3 saturated heterocycles. The van der Waals surface area contributed by atoms with Crippen LogP contribution < -0.4 is 42.1 Å². The number of nitrogens with one attached hydrogen (secondary N) is 3. The number of β-amino-alcohol motifs (C(OH)–C–C–N with tert-alkyl or cyclic N) is 3. The minimum atomic E-state index is -4.44. The second-order valence-corrected chi connectivity index (χ2v) is 35.4. The second kappa shape index (κ2) is 52.1. The number of terminal acetylenes is 2. The number of piperidine rings is 3. The molecule has 0 radical (unpaired) electrons. The normalized spacial score (nSPS) is 22.0. The minimum Gasteiger partial charge on any atom is -0.697 e. The number of aromatic nitrogens is 6. The molecule has 5 aromatic carbocycles. The van der Waals surface area contributed by atoms with E-state index in [0.717, 1.165) is 113 Å². The Labute approximate surface area is 799 Å². The molecule has 8 unspecified atom stereocenters. The summed E-state index contributed by atoms with van der Waals surface area (Å²) in [6, 6.07) is 34.6. The van der Waals surface area contributed by atoms with Crippen LogP contribution in [-0.2, 0) is 56.0 Å². The average molecular weight is 1940 g/mol. The fourth-order valence-corrected chi connectivity index (χ4v) is 16.8. The van der Waals surface area contributed by atoms with Crippen LogP contribution in [-0.4, -0.2) is 232 Å². The number of alkyl halides is 9. The quantitative estimate of drug-likeness (QED) is 0.0106. The number of aliphatic hydroxyl groups is 8. The van der Waals surface area contributed by atoms with Crippen molar-refractivity contribution in [3.05, 3.63) is 235 Å². The number of anilines is 6. The summed E-state index contributed by atoms with van der Waals surface area (Å²) in [6.07, 6.45) is 10.3. The zero-order valence-corrected chi connectivity index (χ0v) is 76.4. The van der Waals surface area contributed by atoms with Crippen molar-refractivity contribution in [1.82, 2.24) is 44.6 Å². The maximum absolute atomic E-state index is 15.7. The third-order valence-electron chi connectivity index (χ3n) is 25.8. The van der Waals surface area contributed by atoms with Gasteiger partial charge in [0.1, 0.15) is 19.0 Å². The van der Waals surface area contributed by atoms with Gasteiger partial charge in [-0.05, 0) is 154 Å². The van der Waals surface area contributed by atoms with Crippen LogP contribution in [0.4, 0.5) is 87.6 Å². The van der Waals surface area contributed by atoms with Crippen molar-refractivity contribution in [2.45, 2.75) is 192 Å². The molecule has 752 valence electrons. The number of nitrogens with two attached hydrogens (primary N) is 2. The molecule has 4 aliphatic carbocycles. The Kier molecular flexibility index (Phi) is 42.3. The van der Waals surface area contributed by atoms with Crippen LogP contribution in [0.2, 0.25) is 0 Å². The third kappa shape index (κ3) is 31.1. The first-order chi connectivity index (χ1) is 65.5. The topological polar surface area (TPSA) is 364 Å². The van der Waals surface area contributed by atoms with Crippen LogP contribution in [0.5, 0.6) is 0 Å². The Balaban J connectivity index is 0.000000224. The molecule has 6 heterocycles. The Morgan fingerprint density at radius 3 is 1.01 bits per heavy atom. The molecule has 8 aromatic rings. The Morgan fingerprint density at radius 2 is 0.754 bits per heavy atom. The predicted molar refractivity (Wildman–Crippen MR) is 504 cm³/mol. The molecule has 0 bridgehead atoms. The van der Waals surface area contributed by atoms with Gasteiger partial charge in [-0.1, -0.05) is 124 Å². The van der Waals surface area contributed by atoms with Gasteiger partial charge in [0.2, 0.25) is 23.4 Å². The molecule has 8 atom stereocenters. The number of hydrogen-bond donors (Lipinski definition) is 13. The molecular weight excluding hydrogens is 1810 g/mol. The van der Waals surface area contributed by atoms with E-state index in [1.165, 1.54) is 60.9 Å². The van der Waals surface area contributed by atoms with E-state index in [1.54, 1.807) is 26.5 Å². The first-order valence-electron chi connectivity index (χ1n) is 45.1. The van der Waals surface area contributed by atoms with Crippen molar-refractivity contribution >= 4 is 40.8 Å². The number of likely N-dealkylation sites (tertiary alicyclic amines) is 3. The van der Waals surface area contributed by atoms with Gasteiger partial charge in [-0.3, -0.25) is 25.4 Å². The molecule has 0 spiro atoms. The van der Waals surface area contributed by atoms with Crippen molar-refractivity contribution in [3.63, 3.8) is 0 Å². The van der Waals surface area contributed by atoms with Crippen LogP contribution in [0.3, 0.4) is 0 Å². The summed E-state index contributed by atoms with van der Waals surface area (Å²) in [5.41, 5.74) is 9.77. The summed E-state index contributed by atoms with van der Waals surface area (Å²) < 4.78 is 163. The SMILES string of the molecule is C.C#C[CH2-].NC(=O)CN1CCC(CO)(CNc2ncnc(N(Cc3ccc(C(F)(F)F)cc3)C3CC3)c2F)C(O)C1.NCC1(CO)CCN(Cc2ccccc2)CC1O.OCC1(CNc2ncnc(N(Cc3ccc(C(F)(F)F)cc3)C3CC3)c2F)CCCCC1O.OCC1(CNc2ncnc(N(Cc3ccc(C(F)(F)F)cc3)C3CC3)c2F)CCN(Cc2ccccc2)CC1O.[C-]#C.[CH2-]C#CC. The van der Waals surface area contributed by atoms with E-state index in [9.17, 15) is 85.2 Å². The molecule has 15 rings (SSSR count). The van der Waals surface area contributed by atoms with Crippen LogP contribution in [0.15, 0.2) is 152 Å². The van der Waals surface area contributed by atoms with E-state index in [-0.39, 0.29) is 139 Å². The van der Waals surface area contributed by atoms with Gasteiger partial charge in [0.25, 0.3) is 0 Å². The van der Waals surface area contributed by atoms with Crippen molar-refractivity contribution in [2.24, 2.45) is 33.1 Å². The van der Waals surface area contributed by atoms with Gasteiger partial charge >= 0.3 is 18.5 Å². The highest BCUT2D eigenvalue weighted by molar-refractivity contribution is 5.76. The van der Waals surface area contributed by atoms with Crippen LogP contribution in [0, 0.1) is 90.0 Å². The fraction of sp³-hybridized carbons (Fsp3) is 0.490. The number of benzene rings is 5. The molecule has 15 N–H and O–H groups in total. The van der Waals surface area contributed by atoms with Crippen molar-refractivity contribution < 1.29 is 98.3 Å². The highest BCUT2D eigenvalue weighted by Crippen LogP contribution is 2.44. The smallest absolute Gasteiger partial charge is 0.416 e. The van der Waals surface area contributed by atoms with E-state index < -0.39 is 105 Å². The van der Waals surface area contributed by atoms with Gasteiger partial charge in [-0.15, -0.1) is 0 Å². The van der Waals surface area contributed by atoms with E-state index in [0.29, 0.717) is 81.6 Å². The van der Waals surface area contributed by atoms with E-state index in [2.05, 4.69) is 106 Å². The first kappa shape index (κ1) is 112. The molecular formula is C100H126F12N17O9-3. The predicted octanol–water partition coefficient (Wildman–Crippen LogP) is 12.7. The lowest BCUT2D eigenvalue weighted by Crippen LogP contribution is -2.56. The number of halogens is 12. The van der Waals surface area contributed by atoms with Crippen LogP contribution in [0.25, 0.3) is 0 Å². The molecule has 7 aliphatic rings. The zero-order valence-electron chi connectivity index (χ0n) is 76.4. The molecule has 38 heteroatoms. The Hall–Kier alpha value is -11.3. The minimum absolute atomic E-state index is 0. The number of primary amides is 1. The number of rotatable bonds is 32. The van der Waals surface area contributed by atoms with Crippen molar-refractivity contribution in [1.29, 1.82) is 0 Å².